The molecule has 0 bridgehead atoms. The Balaban J connectivity index is 2.17. The summed E-state index contributed by atoms with van der Waals surface area (Å²) in [5.41, 5.74) is 0.516. The lowest BCUT2D eigenvalue weighted by molar-refractivity contribution is -0.134. The van der Waals surface area contributed by atoms with Crippen LogP contribution in [0.5, 0.6) is 0 Å². The molecule has 0 N–H and O–H groups in total. The van der Waals surface area contributed by atoms with Gasteiger partial charge in [0, 0.05) is 26.6 Å². The third-order valence-corrected chi connectivity index (χ3v) is 3.62. The number of piperazine rings is 1. The van der Waals surface area contributed by atoms with E-state index in [-0.39, 0.29) is 18.0 Å². The Bertz CT molecular complexity index is 537. The number of benzene rings is 1. The normalized spacial score (nSPS) is 19.0. The Morgan fingerprint density at radius 3 is 2.32 bits per heavy atom. The third kappa shape index (κ3) is 4.00. The van der Waals surface area contributed by atoms with E-state index >= 15 is 0 Å². The van der Waals surface area contributed by atoms with Gasteiger partial charge in [-0.1, -0.05) is 30.3 Å². The zero-order valence-corrected chi connectivity index (χ0v) is 13.7. The van der Waals surface area contributed by atoms with Gasteiger partial charge in [0.1, 0.15) is 5.60 Å². The summed E-state index contributed by atoms with van der Waals surface area (Å²) in [6, 6.07) is 9.68. The molecule has 0 aromatic heterocycles. The minimum atomic E-state index is -0.517. The topological polar surface area (TPSA) is 49.9 Å². The molecule has 0 spiro atoms. The Kier molecular flexibility index (Phi) is 4.74. The molecule has 22 heavy (non-hydrogen) atoms. The van der Waals surface area contributed by atoms with Crippen molar-refractivity contribution in [3.8, 4) is 0 Å². The zero-order chi connectivity index (χ0) is 16.3. The largest absolute Gasteiger partial charge is 0.444 e. The molecular formula is C17H24N2O3. The van der Waals surface area contributed by atoms with E-state index < -0.39 is 5.60 Å². The number of hydrogen-bond acceptors (Lipinski definition) is 3. The van der Waals surface area contributed by atoms with Crippen LogP contribution in [0.2, 0.25) is 0 Å². The number of amides is 2. The van der Waals surface area contributed by atoms with E-state index in [1.165, 1.54) is 0 Å². The average molecular weight is 304 g/mol. The highest BCUT2D eigenvalue weighted by Crippen LogP contribution is 2.26. The molecule has 0 saturated carbocycles. The molecule has 0 radical (unpaired) electrons. The van der Waals surface area contributed by atoms with Crippen molar-refractivity contribution >= 4 is 12.0 Å². The fourth-order valence-corrected chi connectivity index (χ4v) is 2.61. The van der Waals surface area contributed by atoms with Gasteiger partial charge >= 0.3 is 6.09 Å². The van der Waals surface area contributed by atoms with Crippen molar-refractivity contribution in [1.29, 1.82) is 0 Å². The van der Waals surface area contributed by atoms with Crippen molar-refractivity contribution < 1.29 is 14.3 Å². The van der Waals surface area contributed by atoms with Crippen molar-refractivity contribution in [3.05, 3.63) is 35.9 Å². The number of ether oxygens (including phenoxy) is 1. The van der Waals surface area contributed by atoms with Crippen LogP contribution in [-0.2, 0) is 9.53 Å². The summed E-state index contributed by atoms with van der Waals surface area (Å²) in [5, 5.41) is 0. The van der Waals surface area contributed by atoms with Gasteiger partial charge in [0.25, 0.3) is 0 Å². The van der Waals surface area contributed by atoms with Gasteiger partial charge in [0.2, 0.25) is 5.91 Å². The summed E-state index contributed by atoms with van der Waals surface area (Å²) in [6.07, 6.45) is -0.323. The Hall–Kier alpha value is -2.04. The second-order valence-electron chi connectivity index (χ2n) is 6.57. The molecule has 1 atom stereocenters. The van der Waals surface area contributed by atoms with E-state index in [0.717, 1.165) is 5.56 Å². The summed E-state index contributed by atoms with van der Waals surface area (Å²) >= 11 is 0. The molecule has 1 aliphatic heterocycles. The summed E-state index contributed by atoms with van der Waals surface area (Å²) in [4.78, 5) is 27.6. The number of hydrogen-bond donors (Lipinski definition) is 0. The van der Waals surface area contributed by atoms with Crippen molar-refractivity contribution in [2.24, 2.45) is 0 Å². The van der Waals surface area contributed by atoms with E-state index in [1.807, 2.05) is 56.0 Å². The van der Waals surface area contributed by atoms with Crippen molar-refractivity contribution in [3.63, 3.8) is 0 Å². The van der Waals surface area contributed by atoms with Gasteiger partial charge in [0.05, 0.1) is 6.04 Å². The van der Waals surface area contributed by atoms with Gasteiger partial charge in [0.15, 0.2) is 0 Å². The van der Waals surface area contributed by atoms with Crippen molar-refractivity contribution in [1.82, 2.24) is 9.80 Å². The third-order valence-electron chi connectivity index (χ3n) is 3.62. The van der Waals surface area contributed by atoms with Gasteiger partial charge in [-0.05, 0) is 26.3 Å². The van der Waals surface area contributed by atoms with Crippen LogP contribution in [0.25, 0.3) is 0 Å². The number of carbonyl (C=O) groups excluding carboxylic acids is 2. The van der Waals surface area contributed by atoms with Crippen LogP contribution in [0.3, 0.4) is 0 Å². The second kappa shape index (κ2) is 6.38. The van der Waals surface area contributed by atoms with E-state index in [4.69, 9.17) is 4.74 Å². The fourth-order valence-electron chi connectivity index (χ4n) is 2.61. The van der Waals surface area contributed by atoms with Crippen LogP contribution in [0.15, 0.2) is 30.3 Å². The number of rotatable bonds is 1. The standard InChI is InChI=1S/C17H24N2O3/c1-13(20)19-11-10-18(16(21)22-17(2,3)4)12-15(19)14-8-6-5-7-9-14/h5-9,15H,10-12H2,1-4H3/t15-/m0/s1. The smallest absolute Gasteiger partial charge is 0.410 e. The summed E-state index contributed by atoms with van der Waals surface area (Å²) in [6.45, 7) is 8.60. The summed E-state index contributed by atoms with van der Waals surface area (Å²) in [5.74, 6) is 0.0256. The molecule has 120 valence electrons. The van der Waals surface area contributed by atoms with E-state index in [1.54, 1.807) is 11.8 Å². The number of carbonyl (C=O) groups is 2. The molecule has 1 heterocycles. The van der Waals surface area contributed by atoms with Gasteiger partial charge in [-0.3, -0.25) is 4.79 Å². The highest BCUT2D eigenvalue weighted by molar-refractivity contribution is 5.75. The first kappa shape index (κ1) is 16.3. The van der Waals surface area contributed by atoms with Crippen LogP contribution in [-0.4, -0.2) is 47.0 Å². The predicted octanol–water partition coefficient (Wildman–Crippen LogP) is 2.83. The Morgan fingerprint density at radius 2 is 1.77 bits per heavy atom. The van der Waals surface area contributed by atoms with Gasteiger partial charge in [-0.15, -0.1) is 0 Å². The molecule has 1 fully saturated rings. The highest BCUT2D eigenvalue weighted by atomic mass is 16.6. The van der Waals surface area contributed by atoms with Gasteiger partial charge < -0.3 is 14.5 Å². The second-order valence-corrected chi connectivity index (χ2v) is 6.57. The maximum absolute atomic E-state index is 12.3. The van der Waals surface area contributed by atoms with Crippen LogP contribution >= 0.6 is 0 Å². The summed E-state index contributed by atoms with van der Waals surface area (Å²) in [7, 11) is 0. The highest BCUT2D eigenvalue weighted by Gasteiger charge is 2.33. The molecule has 1 saturated heterocycles. The molecular weight excluding hydrogens is 280 g/mol. The maximum Gasteiger partial charge on any atom is 0.410 e. The van der Waals surface area contributed by atoms with Crippen LogP contribution in [0, 0.1) is 0 Å². The fraction of sp³-hybridized carbons (Fsp3) is 0.529. The first-order chi connectivity index (χ1) is 10.3. The lowest BCUT2D eigenvalue weighted by atomic mass is 10.0. The minimum Gasteiger partial charge on any atom is -0.444 e. The maximum atomic E-state index is 12.3. The molecule has 0 aliphatic carbocycles. The van der Waals surface area contributed by atoms with E-state index in [0.29, 0.717) is 19.6 Å². The minimum absolute atomic E-state index is 0.0256. The monoisotopic (exact) mass is 304 g/mol. The SMILES string of the molecule is CC(=O)N1CCN(C(=O)OC(C)(C)C)C[C@H]1c1ccccc1. The lowest BCUT2D eigenvalue weighted by Gasteiger charge is -2.41. The van der Waals surface area contributed by atoms with E-state index in [9.17, 15) is 9.59 Å². The van der Waals surface area contributed by atoms with Crippen LogP contribution in [0.1, 0.15) is 39.3 Å². The molecule has 5 nitrogen and oxygen atoms in total. The van der Waals surface area contributed by atoms with Gasteiger partial charge in [-0.2, -0.15) is 0 Å². The first-order valence-electron chi connectivity index (χ1n) is 7.58. The molecule has 1 aliphatic rings. The first-order valence-corrected chi connectivity index (χ1v) is 7.58. The summed E-state index contributed by atoms with van der Waals surface area (Å²) < 4.78 is 5.44. The van der Waals surface area contributed by atoms with Crippen LogP contribution < -0.4 is 0 Å². The van der Waals surface area contributed by atoms with Crippen molar-refractivity contribution in [2.45, 2.75) is 39.3 Å². The molecule has 1 aromatic rings. The quantitative estimate of drug-likeness (QED) is 0.801. The Morgan fingerprint density at radius 1 is 1.14 bits per heavy atom. The van der Waals surface area contributed by atoms with Crippen LogP contribution in [0.4, 0.5) is 4.79 Å². The lowest BCUT2D eigenvalue weighted by Crippen LogP contribution is -2.52. The number of nitrogens with zero attached hydrogens (tertiary/aromatic N) is 2. The molecule has 2 rings (SSSR count). The van der Waals surface area contributed by atoms with Gasteiger partial charge in [-0.25, -0.2) is 4.79 Å². The molecule has 1 aromatic carbocycles. The zero-order valence-electron chi connectivity index (χ0n) is 13.7. The average Bonchev–Trinajstić information content (AvgIpc) is 2.45. The Labute approximate surface area is 131 Å². The predicted molar refractivity (Wildman–Crippen MR) is 84.4 cm³/mol. The van der Waals surface area contributed by atoms with E-state index in [2.05, 4.69) is 0 Å². The van der Waals surface area contributed by atoms with Crippen molar-refractivity contribution in [2.75, 3.05) is 19.6 Å². The molecule has 0 unspecified atom stereocenters. The molecule has 2 amide bonds. The molecule has 5 heteroatoms.